The minimum absolute atomic E-state index is 0.0896. The molecule has 1 aliphatic rings. The number of nitrogens with zero attached hydrogens (tertiary/aromatic N) is 1. The van der Waals surface area contributed by atoms with Crippen molar-refractivity contribution in [3.05, 3.63) is 29.3 Å². The Labute approximate surface area is 114 Å². The molecular formula is C15H23NO3. The van der Waals surface area contributed by atoms with Gasteiger partial charge in [-0.05, 0) is 36.7 Å². The minimum atomic E-state index is -0.381. The van der Waals surface area contributed by atoms with Crippen molar-refractivity contribution < 1.29 is 14.6 Å². The molecule has 0 saturated carbocycles. The summed E-state index contributed by atoms with van der Waals surface area (Å²) in [6.07, 6.45) is 0.595. The highest BCUT2D eigenvalue weighted by molar-refractivity contribution is 5.35. The molecule has 0 amide bonds. The van der Waals surface area contributed by atoms with Crippen LogP contribution in [0.4, 0.5) is 0 Å². The smallest absolute Gasteiger partial charge is 0.119 e. The number of rotatable bonds is 5. The van der Waals surface area contributed by atoms with E-state index >= 15 is 0 Å². The lowest BCUT2D eigenvalue weighted by molar-refractivity contribution is 0.0924. The molecule has 1 saturated heterocycles. The van der Waals surface area contributed by atoms with Crippen molar-refractivity contribution in [2.75, 3.05) is 27.4 Å². The molecule has 106 valence electrons. The van der Waals surface area contributed by atoms with Gasteiger partial charge in [-0.1, -0.05) is 13.0 Å². The molecule has 0 spiro atoms. The summed E-state index contributed by atoms with van der Waals surface area (Å²) < 4.78 is 10.6. The average molecular weight is 265 g/mol. The highest BCUT2D eigenvalue weighted by Gasteiger charge is 2.29. The van der Waals surface area contributed by atoms with Crippen molar-refractivity contribution >= 4 is 0 Å². The van der Waals surface area contributed by atoms with Gasteiger partial charge in [0.15, 0.2) is 0 Å². The van der Waals surface area contributed by atoms with Crippen molar-refractivity contribution in [1.29, 1.82) is 0 Å². The molecule has 0 aliphatic carbocycles. The normalized spacial score (nSPS) is 23.0. The summed E-state index contributed by atoms with van der Waals surface area (Å²) in [5.41, 5.74) is 2.57. The van der Waals surface area contributed by atoms with Gasteiger partial charge in [-0.2, -0.15) is 0 Å². The van der Waals surface area contributed by atoms with Crippen LogP contribution in [-0.4, -0.2) is 49.5 Å². The summed E-state index contributed by atoms with van der Waals surface area (Å²) in [5, 5.41) is 9.86. The van der Waals surface area contributed by atoms with Crippen molar-refractivity contribution in [3.8, 4) is 5.75 Å². The van der Waals surface area contributed by atoms with Gasteiger partial charge in [-0.25, -0.2) is 0 Å². The van der Waals surface area contributed by atoms with Gasteiger partial charge in [0.05, 0.1) is 32.5 Å². The van der Waals surface area contributed by atoms with Crippen molar-refractivity contribution in [2.45, 2.75) is 32.0 Å². The van der Waals surface area contributed by atoms with Gasteiger partial charge < -0.3 is 14.6 Å². The third-order valence-electron chi connectivity index (χ3n) is 3.80. The fourth-order valence-electron chi connectivity index (χ4n) is 2.55. The molecular weight excluding hydrogens is 242 g/mol. The summed E-state index contributed by atoms with van der Waals surface area (Å²) in [7, 11) is 3.72. The molecule has 0 bridgehead atoms. The zero-order chi connectivity index (χ0) is 13.8. The van der Waals surface area contributed by atoms with Crippen LogP contribution >= 0.6 is 0 Å². The molecule has 1 aromatic carbocycles. The summed E-state index contributed by atoms with van der Waals surface area (Å²) >= 11 is 0. The Hall–Kier alpha value is -1.10. The Morgan fingerprint density at radius 2 is 2.16 bits per heavy atom. The SMILES string of the molecule is CCc1cc(OC)ccc1CN(C)[C@@H]1COC[C@H]1O. The van der Waals surface area contributed by atoms with Crippen molar-refractivity contribution in [1.82, 2.24) is 4.90 Å². The van der Waals surface area contributed by atoms with E-state index < -0.39 is 0 Å². The lowest BCUT2D eigenvalue weighted by atomic mass is 10.0. The standard InChI is InChI=1S/C15H23NO3/c1-4-11-7-13(18-3)6-5-12(11)8-16(2)14-9-19-10-15(14)17/h5-7,14-15,17H,4,8-10H2,1-3H3/t14-,15-/m1/s1. The molecule has 4 nitrogen and oxygen atoms in total. The maximum absolute atomic E-state index is 9.86. The molecule has 0 unspecified atom stereocenters. The van der Waals surface area contributed by atoms with E-state index in [-0.39, 0.29) is 12.1 Å². The maximum Gasteiger partial charge on any atom is 0.119 e. The van der Waals surface area contributed by atoms with E-state index in [1.165, 1.54) is 11.1 Å². The molecule has 2 rings (SSSR count). The minimum Gasteiger partial charge on any atom is -0.497 e. The van der Waals surface area contributed by atoms with Gasteiger partial charge in [-0.15, -0.1) is 0 Å². The molecule has 1 aliphatic heterocycles. The van der Waals surface area contributed by atoms with E-state index in [9.17, 15) is 5.11 Å². The molecule has 19 heavy (non-hydrogen) atoms. The lowest BCUT2D eigenvalue weighted by Crippen LogP contribution is -2.40. The van der Waals surface area contributed by atoms with Gasteiger partial charge in [0, 0.05) is 6.54 Å². The molecule has 0 radical (unpaired) electrons. The van der Waals surface area contributed by atoms with E-state index in [0.29, 0.717) is 13.2 Å². The Balaban J connectivity index is 2.09. The Kier molecular flexibility index (Phi) is 4.80. The first kappa shape index (κ1) is 14.3. The van der Waals surface area contributed by atoms with Gasteiger partial charge in [0.25, 0.3) is 0 Å². The third-order valence-corrected chi connectivity index (χ3v) is 3.80. The first-order chi connectivity index (χ1) is 9.15. The zero-order valence-corrected chi connectivity index (χ0v) is 11.9. The molecule has 2 atom stereocenters. The van der Waals surface area contributed by atoms with Crippen LogP contribution in [0.15, 0.2) is 18.2 Å². The van der Waals surface area contributed by atoms with E-state index in [0.717, 1.165) is 18.7 Å². The molecule has 4 heteroatoms. The van der Waals surface area contributed by atoms with Crippen LogP contribution in [0.25, 0.3) is 0 Å². The average Bonchev–Trinajstić information content (AvgIpc) is 2.85. The number of methoxy groups -OCH3 is 1. The van der Waals surface area contributed by atoms with E-state index in [1.54, 1.807) is 7.11 Å². The van der Waals surface area contributed by atoms with E-state index in [4.69, 9.17) is 9.47 Å². The van der Waals surface area contributed by atoms with Crippen LogP contribution in [0.5, 0.6) is 5.75 Å². The molecule has 1 heterocycles. The van der Waals surface area contributed by atoms with Gasteiger partial charge >= 0.3 is 0 Å². The van der Waals surface area contributed by atoms with Crippen LogP contribution in [0.1, 0.15) is 18.1 Å². The fraction of sp³-hybridized carbons (Fsp3) is 0.600. The van der Waals surface area contributed by atoms with Crippen LogP contribution in [-0.2, 0) is 17.7 Å². The Bertz CT molecular complexity index is 422. The zero-order valence-electron chi connectivity index (χ0n) is 11.9. The van der Waals surface area contributed by atoms with Crippen LogP contribution in [0, 0.1) is 0 Å². The van der Waals surface area contributed by atoms with E-state index in [1.807, 2.05) is 13.1 Å². The number of hydrogen-bond acceptors (Lipinski definition) is 4. The number of aliphatic hydroxyl groups excluding tert-OH is 1. The second-order valence-electron chi connectivity index (χ2n) is 5.08. The molecule has 1 fully saturated rings. The monoisotopic (exact) mass is 265 g/mol. The number of hydrogen-bond donors (Lipinski definition) is 1. The van der Waals surface area contributed by atoms with Crippen molar-refractivity contribution in [2.24, 2.45) is 0 Å². The molecule has 1 aromatic rings. The fourth-order valence-corrected chi connectivity index (χ4v) is 2.55. The number of likely N-dealkylation sites (N-methyl/N-ethyl adjacent to an activating group) is 1. The van der Waals surface area contributed by atoms with Crippen molar-refractivity contribution in [3.63, 3.8) is 0 Å². The topological polar surface area (TPSA) is 41.9 Å². The molecule has 1 N–H and O–H groups in total. The third kappa shape index (κ3) is 3.26. The van der Waals surface area contributed by atoms with Crippen LogP contribution in [0.2, 0.25) is 0 Å². The number of ether oxygens (including phenoxy) is 2. The number of benzene rings is 1. The van der Waals surface area contributed by atoms with Crippen LogP contribution in [0.3, 0.4) is 0 Å². The first-order valence-corrected chi connectivity index (χ1v) is 6.77. The largest absolute Gasteiger partial charge is 0.497 e. The second-order valence-corrected chi connectivity index (χ2v) is 5.08. The lowest BCUT2D eigenvalue weighted by Gasteiger charge is -2.26. The van der Waals surface area contributed by atoms with Gasteiger partial charge in [0.1, 0.15) is 5.75 Å². The molecule has 0 aromatic heterocycles. The summed E-state index contributed by atoms with van der Waals surface area (Å²) in [6.45, 7) is 4.01. The predicted molar refractivity (Wildman–Crippen MR) is 74.5 cm³/mol. The predicted octanol–water partition coefficient (Wildman–Crippen LogP) is 1.45. The number of aliphatic hydroxyl groups is 1. The summed E-state index contributed by atoms with van der Waals surface area (Å²) in [5.74, 6) is 0.896. The van der Waals surface area contributed by atoms with Crippen LogP contribution < -0.4 is 4.74 Å². The van der Waals surface area contributed by atoms with Gasteiger partial charge in [-0.3, -0.25) is 4.90 Å². The Morgan fingerprint density at radius 1 is 1.37 bits per heavy atom. The quantitative estimate of drug-likeness (QED) is 0.875. The summed E-state index contributed by atoms with van der Waals surface area (Å²) in [6, 6.07) is 6.28. The number of aryl methyl sites for hydroxylation is 1. The van der Waals surface area contributed by atoms with Gasteiger partial charge in [0.2, 0.25) is 0 Å². The maximum atomic E-state index is 9.86. The Morgan fingerprint density at radius 3 is 2.74 bits per heavy atom. The second kappa shape index (κ2) is 6.37. The first-order valence-electron chi connectivity index (χ1n) is 6.77. The van der Waals surface area contributed by atoms with E-state index in [2.05, 4.69) is 24.0 Å². The summed E-state index contributed by atoms with van der Waals surface area (Å²) in [4.78, 5) is 2.17. The highest BCUT2D eigenvalue weighted by Crippen LogP contribution is 2.21. The highest BCUT2D eigenvalue weighted by atomic mass is 16.5.